The zero-order valence-corrected chi connectivity index (χ0v) is 18.7. The first kappa shape index (κ1) is 24.4. The van der Waals surface area contributed by atoms with Gasteiger partial charge in [-0.1, -0.05) is 0 Å². The number of halogens is 1. The first-order chi connectivity index (χ1) is 11.4. The van der Waals surface area contributed by atoms with Gasteiger partial charge in [-0.2, -0.15) is 0 Å². The molecule has 1 aliphatic carbocycles. The van der Waals surface area contributed by atoms with Gasteiger partial charge in [0, 0.05) is 44.9 Å². The van der Waals surface area contributed by atoms with Crippen molar-refractivity contribution in [2.45, 2.75) is 52.1 Å². The SMILES string of the molecule is CCNC(=NCC(=O)NC(C)(C)C)NCCN(CCOC)C1CC1.I. The summed E-state index contributed by atoms with van der Waals surface area (Å²) in [6, 6.07) is 0.707. The second kappa shape index (κ2) is 12.7. The third kappa shape index (κ3) is 12.4. The van der Waals surface area contributed by atoms with Gasteiger partial charge >= 0.3 is 0 Å². The average molecular weight is 469 g/mol. The number of rotatable bonds is 10. The van der Waals surface area contributed by atoms with Gasteiger partial charge in [-0.3, -0.25) is 9.69 Å². The molecule has 0 aromatic carbocycles. The molecule has 1 amide bonds. The highest BCUT2D eigenvalue weighted by Gasteiger charge is 2.28. The summed E-state index contributed by atoms with van der Waals surface area (Å²) in [4.78, 5) is 18.7. The molecule has 7 nitrogen and oxygen atoms in total. The number of ether oxygens (including phenoxy) is 1. The van der Waals surface area contributed by atoms with Gasteiger partial charge in [-0.05, 0) is 40.5 Å². The maximum Gasteiger partial charge on any atom is 0.242 e. The Labute approximate surface area is 169 Å². The first-order valence-corrected chi connectivity index (χ1v) is 8.92. The molecule has 3 N–H and O–H groups in total. The van der Waals surface area contributed by atoms with Crippen LogP contribution in [0.3, 0.4) is 0 Å². The molecule has 0 aromatic rings. The molecule has 8 heteroatoms. The maximum atomic E-state index is 11.9. The Kier molecular flexibility index (Phi) is 12.4. The Morgan fingerprint density at radius 3 is 2.44 bits per heavy atom. The largest absolute Gasteiger partial charge is 0.383 e. The number of nitrogens with zero attached hydrogens (tertiary/aromatic N) is 2. The first-order valence-electron chi connectivity index (χ1n) is 8.92. The fourth-order valence-corrected chi connectivity index (χ4v) is 2.39. The molecule has 0 atom stereocenters. The number of carbonyl (C=O) groups excluding carboxylic acids is 1. The molecule has 0 radical (unpaired) electrons. The summed E-state index contributed by atoms with van der Waals surface area (Å²) < 4.78 is 5.18. The number of hydrogen-bond acceptors (Lipinski definition) is 4. The van der Waals surface area contributed by atoms with Crippen LogP contribution >= 0.6 is 24.0 Å². The summed E-state index contributed by atoms with van der Waals surface area (Å²) in [5.41, 5.74) is -0.232. The summed E-state index contributed by atoms with van der Waals surface area (Å²) >= 11 is 0. The van der Waals surface area contributed by atoms with Crippen molar-refractivity contribution in [3.63, 3.8) is 0 Å². The van der Waals surface area contributed by atoms with E-state index in [9.17, 15) is 4.79 Å². The molecule has 1 fully saturated rings. The van der Waals surface area contributed by atoms with Crippen LogP contribution in [-0.4, -0.2) is 74.8 Å². The normalized spacial score (nSPS) is 14.9. The van der Waals surface area contributed by atoms with Gasteiger partial charge < -0.3 is 20.7 Å². The molecule has 1 saturated carbocycles. The van der Waals surface area contributed by atoms with E-state index >= 15 is 0 Å². The predicted molar refractivity (Wildman–Crippen MR) is 114 cm³/mol. The average Bonchev–Trinajstić information content (AvgIpc) is 3.31. The van der Waals surface area contributed by atoms with E-state index in [2.05, 4.69) is 25.8 Å². The van der Waals surface area contributed by atoms with Crippen molar-refractivity contribution in [3.05, 3.63) is 0 Å². The fraction of sp³-hybridized carbons (Fsp3) is 0.882. The Bertz CT molecular complexity index is 408. The second-order valence-corrected chi connectivity index (χ2v) is 7.18. The van der Waals surface area contributed by atoms with Crippen molar-refractivity contribution in [2.75, 3.05) is 46.4 Å². The van der Waals surface area contributed by atoms with Gasteiger partial charge in [0.2, 0.25) is 5.91 Å². The minimum absolute atomic E-state index is 0. The number of amides is 1. The Morgan fingerprint density at radius 1 is 1.24 bits per heavy atom. The van der Waals surface area contributed by atoms with E-state index < -0.39 is 0 Å². The van der Waals surface area contributed by atoms with Gasteiger partial charge in [0.1, 0.15) is 6.54 Å². The third-order valence-corrected chi connectivity index (χ3v) is 3.58. The molecule has 0 aromatic heterocycles. The maximum absolute atomic E-state index is 11.9. The van der Waals surface area contributed by atoms with Crippen molar-refractivity contribution in [1.82, 2.24) is 20.9 Å². The van der Waals surface area contributed by atoms with E-state index in [1.54, 1.807) is 7.11 Å². The Morgan fingerprint density at radius 2 is 1.92 bits per heavy atom. The Hall–Kier alpha value is -0.610. The number of nitrogens with one attached hydrogen (secondary N) is 3. The number of hydrogen-bond donors (Lipinski definition) is 3. The van der Waals surface area contributed by atoms with E-state index in [1.807, 2.05) is 27.7 Å². The minimum atomic E-state index is -0.232. The standard InChI is InChI=1S/C17H35N5O2.HI/c1-6-18-16(20-13-15(23)21-17(2,3)4)19-9-10-22(11-12-24-5)14-7-8-14;/h14H,6-13H2,1-5H3,(H,21,23)(H2,18,19,20);1H. The molecule has 0 aliphatic heterocycles. The highest BCUT2D eigenvalue weighted by atomic mass is 127. The van der Waals surface area contributed by atoms with Gasteiger partial charge in [-0.15, -0.1) is 24.0 Å². The van der Waals surface area contributed by atoms with Crippen LogP contribution in [0.1, 0.15) is 40.5 Å². The van der Waals surface area contributed by atoms with Crippen LogP contribution in [0.15, 0.2) is 4.99 Å². The molecule has 148 valence electrons. The molecule has 0 bridgehead atoms. The third-order valence-electron chi connectivity index (χ3n) is 3.58. The smallest absolute Gasteiger partial charge is 0.242 e. The highest BCUT2D eigenvalue weighted by molar-refractivity contribution is 14.0. The lowest BCUT2D eigenvalue weighted by Crippen LogP contribution is -2.44. The van der Waals surface area contributed by atoms with Crippen LogP contribution in [0.25, 0.3) is 0 Å². The summed E-state index contributed by atoms with van der Waals surface area (Å²) in [5.74, 6) is 0.614. The van der Waals surface area contributed by atoms with Crippen molar-refractivity contribution >= 4 is 35.8 Å². The monoisotopic (exact) mass is 469 g/mol. The van der Waals surface area contributed by atoms with Gasteiger partial charge in [0.15, 0.2) is 5.96 Å². The predicted octanol–water partition coefficient (Wildman–Crippen LogP) is 1.19. The van der Waals surface area contributed by atoms with Crippen molar-refractivity contribution < 1.29 is 9.53 Å². The van der Waals surface area contributed by atoms with Crippen LogP contribution in [0.5, 0.6) is 0 Å². The molecule has 0 spiro atoms. The van der Waals surface area contributed by atoms with Crippen LogP contribution in [0.2, 0.25) is 0 Å². The van der Waals surface area contributed by atoms with Gasteiger partial charge in [-0.25, -0.2) is 4.99 Å². The number of carbonyl (C=O) groups is 1. The van der Waals surface area contributed by atoms with Crippen LogP contribution < -0.4 is 16.0 Å². The molecule has 1 rings (SSSR count). The molecule has 25 heavy (non-hydrogen) atoms. The summed E-state index contributed by atoms with van der Waals surface area (Å²) in [5, 5.41) is 9.40. The summed E-state index contributed by atoms with van der Waals surface area (Å²) in [6.45, 7) is 12.3. The fourth-order valence-electron chi connectivity index (χ4n) is 2.39. The minimum Gasteiger partial charge on any atom is -0.383 e. The zero-order valence-electron chi connectivity index (χ0n) is 16.4. The van der Waals surface area contributed by atoms with Crippen LogP contribution in [0, 0.1) is 0 Å². The van der Waals surface area contributed by atoms with Crippen LogP contribution in [-0.2, 0) is 9.53 Å². The lowest BCUT2D eigenvalue weighted by molar-refractivity contribution is -0.121. The van der Waals surface area contributed by atoms with E-state index in [-0.39, 0.29) is 42.0 Å². The van der Waals surface area contributed by atoms with Crippen molar-refractivity contribution in [3.8, 4) is 0 Å². The molecular formula is C17H36IN5O2. The molecule has 0 saturated heterocycles. The second-order valence-electron chi connectivity index (χ2n) is 7.18. The van der Waals surface area contributed by atoms with Crippen molar-refractivity contribution in [1.29, 1.82) is 0 Å². The highest BCUT2D eigenvalue weighted by Crippen LogP contribution is 2.25. The Balaban J connectivity index is 0.00000576. The number of guanidine groups is 1. The van der Waals surface area contributed by atoms with Crippen LogP contribution in [0.4, 0.5) is 0 Å². The molecule has 1 aliphatic rings. The quantitative estimate of drug-likeness (QED) is 0.255. The topological polar surface area (TPSA) is 78.0 Å². The summed E-state index contributed by atoms with van der Waals surface area (Å²) in [7, 11) is 1.74. The lowest BCUT2D eigenvalue weighted by atomic mass is 10.1. The van der Waals surface area contributed by atoms with E-state index in [1.165, 1.54) is 12.8 Å². The summed E-state index contributed by atoms with van der Waals surface area (Å²) in [6.07, 6.45) is 2.57. The van der Waals surface area contributed by atoms with E-state index in [0.717, 1.165) is 32.8 Å². The van der Waals surface area contributed by atoms with E-state index in [4.69, 9.17) is 4.74 Å². The number of aliphatic imine (C=N–C) groups is 1. The molecule has 0 unspecified atom stereocenters. The van der Waals surface area contributed by atoms with Gasteiger partial charge in [0.25, 0.3) is 0 Å². The van der Waals surface area contributed by atoms with E-state index in [0.29, 0.717) is 12.0 Å². The van der Waals surface area contributed by atoms with Crippen molar-refractivity contribution in [2.24, 2.45) is 4.99 Å². The lowest BCUT2D eigenvalue weighted by Gasteiger charge is -2.22. The molecular weight excluding hydrogens is 433 g/mol. The van der Waals surface area contributed by atoms with Gasteiger partial charge in [0.05, 0.1) is 6.61 Å². The molecule has 0 heterocycles. The zero-order chi connectivity index (χ0) is 18.0. The number of methoxy groups -OCH3 is 1.